The van der Waals surface area contributed by atoms with Crippen molar-refractivity contribution >= 4 is 12.1 Å². The van der Waals surface area contributed by atoms with E-state index >= 15 is 0 Å². The Bertz CT molecular complexity index is 726. The number of carbonyl (C=O) groups is 1. The van der Waals surface area contributed by atoms with E-state index in [0.717, 1.165) is 11.3 Å². The predicted molar refractivity (Wildman–Crippen MR) is 85.2 cm³/mol. The third-order valence-electron chi connectivity index (χ3n) is 3.20. The Kier molecular flexibility index (Phi) is 4.42. The molecule has 2 aromatic carbocycles. The normalized spacial score (nSPS) is 12.4. The molecule has 0 aliphatic carbocycles. The number of hydrogen-bond donors (Lipinski definition) is 1. The standard InChI is InChI=1S/C17H16N2O4/c1-2-21-14-6-4-13(5-7-14)17(20)19-18-10-12-3-8-15-16(9-12)23-11-22-15/h3-10H,2,11H2,1H3,(H,19,20). The van der Waals surface area contributed by atoms with Gasteiger partial charge in [0.25, 0.3) is 5.91 Å². The van der Waals surface area contributed by atoms with Gasteiger partial charge in [0.15, 0.2) is 11.5 Å². The zero-order valence-electron chi connectivity index (χ0n) is 12.6. The zero-order chi connectivity index (χ0) is 16.1. The van der Waals surface area contributed by atoms with E-state index in [1.165, 1.54) is 0 Å². The molecule has 0 spiro atoms. The quantitative estimate of drug-likeness (QED) is 0.680. The second kappa shape index (κ2) is 6.83. The number of hydrogen-bond acceptors (Lipinski definition) is 5. The summed E-state index contributed by atoms with van der Waals surface area (Å²) in [6, 6.07) is 12.3. The molecule has 0 saturated carbocycles. The summed E-state index contributed by atoms with van der Waals surface area (Å²) in [5.41, 5.74) is 3.80. The van der Waals surface area contributed by atoms with Gasteiger partial charge in [-0.1, -0.05) is 0 Å². The zero-order valence-corrected chi connectivity index (χ0v) is 12.6. The maximum absolute atomic E-state index is 12.0. The summed E-state index contributed by atoms with van der Waals surface area (Å²) in [5.74, 6) is 1.82. The van der Waals surface area contributed by atoms with Crippen molar-refractivity contribution in [1.82, 2.24) is 5.43 Å². The topological polar surface area (TPSA) is 69.2 Å². The van der Waals surface area contributed by atoms with Crippen molar-refractivity contribution in [3.8, 4) is 17.2 Å². The molecule has 2 aromatic rings. The molecule has 0 radical (unpaired) electrons. The van der Waals surface area contributed by atoms with Crippen molar-refractivity contribution in [1.29, 1.82) is 0 Å². The van der Waals surface area contributed by atoms with Crippen LogP contribution >= 0.6 is 0 Å². The van der Waals surface area contributed by atoms with Gasteiger partial charge in [-0.05, 0) is 55.0 Å². The minimum absolute atomic E-state index is 0.227. The molecule has 3 rings (SSSR count). The van der Waals surface area contributed by atoms with E-state index in [4.69, 9.17) is 14.2 Å². The minimum atomic E-state index is -0.287. The second-order valence-corrected chi connectivity index (χ2v) is 4.77. The lowest BCUT2D eigenvalue weighted by molar-refractivity contribution is 0.0955. The molecule has 0 aromatic heterocycles. The Hall–Kier alpha value is -3.02. The molecule has 1 aliphatic rings. The second-order valence-electron chi connectivity index (χ2n) is 4.77. The van der Waals surface area contributed by atoms with Gasteiger partial charge in [-0.15, -0.1) is 0 Å². The van der Waals surface area contributed by atoms with Crippen LogP contribution in [0.5, 0.6) is 17.2 Å². The highest BCUT2D eigenvalue weighted by Gasteiger charge is 2.12. The van der Waals surface area contributed by atoms with Gasteiger partial charge in [0, 0.05) is 5.56 Å². The number of benzene rings is 2. The molecule has 0 unspecified atom stereocenters. The van der Waals surface area contributed by atoms with Crippen molar-refractivity contribution in [2.24, 2.45) is 5.10 Å². The smallest absolute Gasteiger partial charge is 0.271 e. The van der Waals surface area contributed by atoms with Gasteiger partial charge in [-0.25, -0.2) is 5.43 Å². The van der Waals surface area contributed by atoms with Gasteiger partial charge in [0.1, 0.15) is 5.75 Å². The van der Waals surface area contributed by atoms with Crippen LogP contribution in [0.2, 0.25) is 0 Å². The lowest BCUT2D eigenvalue weighted by Gasteiger charge is -2.04. The first-order valence-electron chi connectivity index (χ1n) is 7.22. The van der Waals surface area contributed by atoms with Crippen LogP contribution in [-0.4, -0.2) is 25.5 Å². The first-order chi connectivity index (χ1) is 11.3. The Morgan fingerprint density at radius 2 is 2.00 bits per heavy atom. The Balaban J connectivity index is 1.59. The third-order valence-corrected chi connectivity index (χ3v) is 3.20. The van der Waals surface area contributed by atoms with E-state index < -0.39 is 0 Å². The molecule has 1 N–H and O–H groups in total. The molecule has 0 saturated heterocycles. The van der Waals surface area contributed by atoms with Crippen LogP contribution in [0.1, 0.15) is 22.8 Å². The fourth-order valence-corrected chi connectivity index (χ4v) is 2.09. The molecule has 6 heteroatoms. The lowest BCUT2D eigenvalue weighted by Crippen LogP contribution is -2.17. The largest absolute Gasteiger partial charge is 0.494 e. The summed E-state index contributed by atoms with van der Waals surface area (Å²) < 4.78 is 15.9. The maximum Gasteiger partial charge on any atom is 0.271 e. The number of nitrogens with zero attached hydrogens (tertiary/aromatic N) is 1. The molecule has 118 valence electrons. The fraction of sp³-hybridized carbons (Fsp3) is 0.176. The fourth-order valence-electron chi connectivity index (χ4n) is 2.09. The first kappa shape index (κ1) is 14.9. The Morgan fingerprint density at radius 3 is 2.78 bits per heavy atom. The highest BCUT2D eigenvalue weighted by atomic mass is 16.7. The number of ether oxygens (including phenoxy) is 3. The predicted octanol–water partition coefficient (Wildman–Crippen LogP) is 2.58. The van der Waals surface area contributed by atoms with Gasteiger partial charge >= 0.3 is 0 Å². The maximum atomic E-state index is 12.0. The molecule has 23 heavy (non-hydrogen) atoms. The van der Waals surface area contributed by atoms with E-state index in [1.54, 1.807) is 42.6 Å². The van der Waals surface area contributed by atoms with Crippen LogP contribution in [0.25, 0.3) is 0 Å². The summed E-state index contributed by atoms with van der Waals surface area (Å²) in [5, 5.41) is 3.95. The highest BCUT2D eigenvalue weighted by molar-refractivity contribution is 5.95. The van der Waals surface area contributed by atoms with Gasteiger partial charge in [-0.2, -0.15) is 5.10 Å². The Morgan fingerprint density at radius 1 is 1.22 bits per heavy atom. The van der Waals surface area contributed by atoms with E-state index in [0.29, 0.717) is 23.7 Å². The number of amides is 1. The number of carbonyl (C=O) groups excluding carboxylic acids is 1. The van der Waals surface area contributed by atoms with Gasteiger partial charge in [0.2, 0.25) is 6.79 Å². The summed E-state index contributed by atoms with van der Waals surface area (Å²) in [7, 11) is 0. The molecular formula is C17H16N2O4. The van der Waals surface area contributed by atoms with E-state index in [1.807, 2.05) is 13.0 Å². The van der Waals surface area contributed by atoms with Crippen molar-refractivity contribution in [2.45, 2.75) is 6.92 Å². The van der Waals surface area contributed by atoms with Crippen LogP contribution < -0.4 is 19.6 Å². The number of fused-ring (bicyclic) bond motifs is 1. The molecule has 6 nitrogen and oxygen atoms in total. The van der Waals surface area contributed by atoms with Gasteiger partial charge < -0.3 is 14.2 Å². The van der Waals surface area contributed by atoms with Crippen LogP contribution in [-0.2, 0) is 0 Å². The molecule has 1 aliphatic heterocycles. The van der Waals surface area contributed by atoms with Crippen molar-refractivity contribution < 1.29 is 19.0 Å². The Labute approximate surface area is 133 Å². The molecule has 1 amide bonds. The van der Waals surface area contributed by atoms with Gasteiger partial charge in [0.05, 0.1) is 12.8 Å². The summed E-state index contributed by atoms with van der Waals surface area (Å²) >= 11 is 0. The number of rotatable bonds is 5. The van der Waals surface area contributed by atoms with E-state index in [-0.39, 0.29) is 12.7 Å². The molecular weight excluding hydrogens is 296 g/mol. The average Bonchev–Trinajstić information content (AvgIpc) is 3.03. The van der Waals surface area contributed by atoms with E-state index in [2.05, 4.69) is 10.5 Å². The summed E-state index contributed by atoms with van der Waals surface area (Å²) in [4.78, 5) is 12.0. The summed E-state index contributed by atoms with van der Waals surface area (Å²) in [6.45, 7) is 2.72. The SMILES string of the molecule is CCOc1ccc(C(=O)NN=Cc2ccc3c(c2)OCO3)cc1. The van der Waals surface area contributed by atoms with Crippen molar-refractivity contribution in [3.05, 3.63) is 53.6 Å². The average molecular weight is 312 g/mol. The number of nitrogens with one attached hydrogen (secondary N) is 1. The minimum Gasteiger partial charge on any atom is -0.494 e. The van der Waals surface area contributed by atoms with Crippen molar-refractivity contribution in [3.63, 3.8) is 0 Å². The van der Waals surface area contributed by atoms with Crippen molar-refractivity contribution in [2.75, 3.05) is 13.4 Å². The molecule has 0 atom stereocenters. The van der Waals surface area contributed by atoms with Gasteiger partial charge in [-0.3, -0.25) is 4.79 Å². The lowest BCUT2D eigenvalue weighted by atomic mass is 10.2. The van der Waals surface area contributed by atoms with Crippen LogP contribution in [0, 0.1) is 0 Å². The number of hydrazone groups is 1. The molecule has 1 heterocycles. The monoisotopic (exact) mass is 312 g/mol. The highest BCUT2D eigenvalue weighted by Crippen LogP contribution is 2.31. The summed E-state index contributed by atoms with van der Waals surface area (Å²) in [6.07, 6.45) is 1.55. The third kappa shape index (κ3) is 3.60. The molecule has 0 fully saturated rings. The van der Waals surface area contributed by atoms with Crippen LogP contribution in [0.15, 0.2) is 47.6 Å². The van der Waals surface area contributed by atoms with E-state index in [9.17, 15) is 4.79 Å². The van der Waals surface area contributed by atoms with Crippen LogP contribution in [0.3, 0.4) is 0 Å². The molecule has 0 bridgehead atoms. The first-order valence-corrected chi connectivity index (χ1v) is 7.22. The van der Waals surface area contributed by atoms with Crippen LogP contribution in [0.4, 0.5) is 0 Å².